The molecule has 0 bridgehead atoms. The Labute approximate surface area is 133 Å². The molecular formula is C21H23N. The van der Waals surface area contributed by atoms with Crippen LogP contribution < -0.4 is 5.73 Å². The van der Waals surface area contributed by atoms with Crippen molar-refractivity contribution in [3.05, 3.63) is 95.2 Å². The van der Waals surface area contributed by atoms with Gasteiger partial charge < -0.3 is 5.73 Å². The van der Waals surface area contributed by atoms with Gasteiger partial charge in [-0.3, -0.25) is 0 Å². The van der Waals surface area contributed by atoms with Gasteiger partial charge in [-0.2, -0.15) is 0 Å². The van der Waals surface area contributed by atoms with Crippen LogP contribution >= 0.6 is 0 Å². The van der Waals surface area contributed by atoms with Gasteiger partial charge in [-0.25, -0.2) is 0 Å². The third kappa shape index (κ3) is 3.37. The minimum absolute atomic E-state index is 0.792. The van der Waals surface area contributed by atoms with Crippen molar-refractivity contribution in [1.82, 2.24) is 0 Å². The molecule has 22 heavy (non-hydrogen) atoms. The molecule has 2 rings (SSSR count). The van der Waals surface area contributed by atoms with Crippen molar-refractivity contribution >= 4 is 11.1 Å². The Bertz CT molecular complexity index is 715. The Morgan fingerprint density at radius 3 is 1.68 bits per heavy atom. The van der Waals surface area contributed by atoms with Gasteiger partial charge in [0.15, 0.2) is 0 Å². The quantitative estimate of drug-likeness (QED) is 0.747. The number of rotatable bonds is 4. The molecule has 1 nitrogen and oxygen atoms in total. The predicted molar refractivity (Wildman–Crippen MR) is 97.1 cm³/mol. The molecule has 0 saturated heterocycles. The molecule has 0 heterocycles. The zero-order valence-electron chi connectivity index (χ0n) is 13.6. The minimum Gasteiger partial charge on any atom is -0.398 e. The molecule has 0 atom stereocenters. The molecule has 0 fully saturated rings. The number of benzene rings is 2. The fraction of sp³-hybridized carbons (Fsp3) is 0.143. The molecule has 1 heteroatoms. The van der Waals surface area contributed by atoms with Crippen LogP contribution in [0.5, 0.6) is 0 Å². The molecule has 0 unspecified atom stereocenters. The Hall–Kier alpha value is -2.54. The van der Waals surface area contributed by atoms with Crippen LogP contribution in [0.25, 0.3) is 11.1 Å². The van der Waals surface area contributed by atoms with E-state index in [4.69, 9.17) is 5.73 Å². The number of hydrogen-bond acceptors (Lipinski definition) is 1. The van der Waals surface area contributed by atoms with Crippen molar-refractivity contribution in [2.24, 2.45) is 5.73 Å². The largest absolute Gasteiger partial charge is 0.398 e. The van der Waals surface area contributed by atoms with Crippen LogP contribution in [0.2, 0.25) is 0 Å². The average Bonchev–Trinajstić information content (AvgIpc) is 2.55. The first-order chi connectivity index (χ1) is 10.5. The second-order valence-corrected chi connectivity index (χ2v) is 5.62. The van der Waals surface area contributed by atoms with Crippen LogP contribution in [-0.4, -0.2) is 0 Å². The van der Waals surface area contributed by atoms with Crippen molar-refractivity contribution in [1.29, 1.82) is 0 Å². The van der Waals surface area contributed by atoms with Crippen LogP contribution in [0.1, 0.15) is 31.9 Å². The van der Waals surface area contributed by atoms with Gasteiger partial charge in [-0.05, 0) is 43.0 Å². The van der Waals surface area contributed by atoms with E-state index in [1.54, 1.807) is 0 Å². The topological polar surface area (TPSA) is 26.0 Å². The average molecular weight is 289 g/mol. The lowest BCUT2D eigenvalue weighted by molar-refractivity contribution is 1.20. The highest BCUT2D eigenvalue weighted by Crippen LogP contribution is 2.33. The summed E-state index contributed by atoms with van der Waals surface area (Å²) in [6, 6.07) is 20.4. The molecular weight excluding hydrogens is 266 g/mol. The van der Waals surface area contributed by atoms with E-state index in [0.29, 0.717) is 0 Å². The molecule has 0 aliphatic heterocycles. The van der Waals surface area contributed by atoms with E-state index in [0.717, 1.165) is 33.5 Å². The third-order valence-corrected chi connectivity index (χ3v) is 3.91. The predicted octanol–water partition coefficient (Wildman–Crippen LogP) is 5.43. The van der Waals surface area contributed by atoms with E-state index < -0.39 is 0 Å². The highest BCUT2D eigenvalue weighted by molar-refractivity contribution is 6.06. The third-order valence-electron chi connectivity index (χ3n) is 3.91. The highest BCUT2D eigenvalue weighted by Gasteiger charge is 2.14. The van der Waals surface area contributed by atoms with Gasteiger partial charge >= 0.3 is 0 Å². The molecule has 2 aromatic rings. The van der Waals surface area contributed by atoms with E-state index in [2.05, 4.69) is 51.6 Å². The van der Waals surface area contributed by atoms with Gasteiger partial charge in [0, 0.05) is 11.3 Å². The summed E-state index contributed by atoms with van der Waals surface area (Å²) in [5.74, 6) is 0. The first kappa shape index (κ1) is 15.8. The zero-order chi connectivity index (χ0) is 16.1. The summed E-state index contributed by atoms with van der Waals surface area (Å²) < 4.78 is 0. The van der Waals surface area contributed by atoms with Crippen LogP contribution in [0, 0.1) is 0 Å². The van der Waals surface area contributed by atoms with Gasteiger partial charge in [-0.1, -0.05) is 72.8 Å². The van der Waals surface area contributed by atoms with Crippen molar-refractivity contribution in [3.63, 3.8) is 0 Å². The summed E-state index contributed by atoms with van der Waals surface area (Å²) >= 11 is 0. The SMILES string of the molecule is C=C(/C(=C(\N)C(C)=C(C)C)c1ccccc1)c1ccccc1. The number of nitrogens with two attached hydrogens (primary N) is 1. The maximum absolute atomic E-state index is 6.49. The standard InChI is InChI=1S/C21H23N/c1-15(2)16(3)21(22)20(19-13-9-6-10-14-19)17(4)18-11-7-5-8-12-18/h5-14H,4,22H2,1-3H3/b21-20+. The van der Waals surface area contributed by atoms with Crippen molar-refractivity contribution in [3.8, 4) is 0 Å². The summed E-state index contributed by atoms with van der Waals surface area (Å²) in [6.07, 6.45) is 0. The smallest absolute Gasteiger partial charge is 0.0428 e. The fourth-order valence-corrected chi connectivity index (χ4v) is 2.34. The minimum atomic E-state index is 0.792. The van der Waals surface area contributed by atoms with E-state index in [1.165, 1.54) is 5.57 Å². The summed E-state index contributed by atoms with van der Waals surface area (Å²) in [4.78, 5) is 0. The lowest BCUT2D eigenvalue weighted by Crippen LogP contribution is -2.06. The van der Waals surface area contributed by atoms with Crippen molar-refractivity contribution in [2.75, 3.05) is 0 Å². The Morgan fingerprint density at radius 2 is 1.23 bits per heavy atom. The molecule has 112 valence electrons. The summed E-state index contributed by atoms with van der Waals surface area (Å²) in [6.45, 7) is 10.5. The maximum Gasteiger partial charge on any atom is 0.0428 e. The van der Waals surface area contributed by atoms with E-state index in [9.17, 15) is 0 Å². The first-order valence-electron chi connectivity index (χ1n) is 7.46. The zero-order valence-corrected chi connectivity index (χ0v) is 13.6. The van der Waals surface area contributed by atoms with Gasteiger partial charge in [0.05, 0.1) is 0 Å². The molecule has 0 amide bonds. The fourth-order valence-electron chi connectivity index (χ4n) is 2.34. The molecule has 0 spiro atoms. The van der Waals surface area contributed by atoms with Crippen LogP contribution in [-0.2, 0) is 0 Å². The van der Waals surface area contributed by atoms with Gasteiger partial charge in [-0.15, -0.1) is 0 Å². The van der Waals surface area contributed by atoms with Gasteiger partial charge in [0.2, 0.25) is 0 Å². The Kier molecular flexibility index (Phi) is 5.00. The van der Waals surface area contributed by atoms with Crippen LogP contribution in [0.15, 0.2) is 84.1 Å². The summed E-state index contributed by atoms with van der Waals surface area (Å²) in [5, 5.41) is 0. The van der Waals surface area contributed by atoms with Crippen LogP contribution in [0.4, 0.5) is 0 Å². The van der Waals surface area contributed by atoms with Gasteiger partial charge in [0.25, 0.3) is 0 Å². The molecule has 0 radical (unpaired) electrons. The number of allylic oxidation sites excluding steroid dienone is 4. The highest BCUT2D eigenvalue weighted by atomic mass is 14.6. The Balaban J connectivity index is 2.65. The normalized spacial score (nSPS) is 11.6. The molecule has 0 saturated carbocycles. The number of hydrogen-bond donors (Lipinski definition) is 1. The summed E-state index contributed by atoms with van der Waals surface area (Å²) in [5.41, 5.74) is 13.7. The molecule has 0 aromatic heterocycles. The summed E-state index contributed by atoms with van der Waals surface area (Å²) in [7, 11) is 0. The Morgan fingerprint density at radius 1 is 0.773 bits per heavy atom. The van der Waals surface area contributed by atoms with E-state index >= 15 is 0 Å². The monoisotopic (exact) mass is 289 g/mol. The maximum atomic E-state index is 6.49. The second-order valence-electron chi connectivity index (χ2n) is 5.62. The molecule has 0 aliphatic carbocycles. The molecule has 2 N–H and O–H groups in total. The van der Waals surface area contributed by atoms with Crippen LogP contribution in [0.3, 0.4) is 0 Å². The first-order valence-corrected chi connectivity index (χ1v) is 7.46. The van der Waals surface area contributed by atoms with E-state index in [-0.39, 0.29) is 0 Å². The molecule has 0 aliphatic rings. The van der Waals surface area contributed by atoms with Crippen molar-refractivity contribution < 1.29 is 0 Å². The lowest BCUT2D eigenvalue weighted by atomic mass is 9.89. The van der Waals surface area contributed by atoms with E-state index in [1.807, 2.05) is 36.4 Å². The second kappa shape index (κ2) is 6.95. The van der Waals surface area contributed by atoms with Gasteiger partial charge in [0.1, 0.15) is 0 Å². The van der Waals surface area contributed by atoms with Crippen molar-refractivity contribution in [2.45, 2.75) is 20.8 Å². The lowest BCUT2D eigenvalue weighted by Gasteiger charge is -2.17. The molecule has 2 aromatic carbocycles.